The quantitative estimate of drug-likeness (QED) is 0.864. The van der Waals surface area contributed by atoms with Crippen LogP contribution in [-0.2, 0) is 13.1 Å². The molecule has 0 saturated carbocycles. The van der Waals surface area contributed by atoms with Gasteiger partial charge in [-0.05, 0) is 36.9 Å². The highest BCUT2D eigenvalue weighted by atomic mass is 15.2. The Morgan fingerprint density at radius 3 is 2.70 bits per heavy atom. The molecule has 2 heterocycles. The van der Waals surface area contributed by atoms with E-state index in [2.05, 4.69) is 55.0 Å². The predicted molar refractivity (Wildman–Crippen MR) is 84.5 cm³/mol. The van der Waals surface area contributed by atoms with E-state index in [1.807, 2.05) is 6.20 Å². The summed E-state index contributed by atoms with van der Waals surface area (Å²) < 4.78 is 0. The second kappa shape index (κ2) is 7.19. The molecular weight excluding hydrogens is 246 g/mol. The first kappa shape index (κ1) is 15.5. The second-order valence-corrected chi connectivity index (χ2v) is 6.62. The molecule has 1 aliphatic rings. The smallest absolute Gasteiger partial charge is 0.0544 e. The molecule has 0 aliphatic carbocycles. The van der Waals surface area contributed by atoms with Crippen molar-refractivity contribution in [2.45, 2.75) is 65.7 Å². The fourth-order valence-corrected chi connectivity index (χ4v) is 2.99. The molecule has 1 unspecified atom stereocenters. The van der Waals surface area contributed by atoms with Gasteiger partial charge < -0.3 is 5.32 Å². The zero-order valence-electron chi connectivity index (χ0n) is 13.4. The number of pyridine rings is 1. The first-order valence-electron chi connectivity index (χ1n) is 7.97. The van der Waals surface area contributed by atoms with E-state index in [4.69, 9.17) is 0 Å². The van der Waals surface area contributed by atoms with Crippen molar-refractivity contribution < 1.29 is 0 Å². The molecule has 2 rings (SSSR count). The largest absolute Gasteiger partial charge is 0.310 e. The molecule has 1 fully saturated rings. The molecule has 1 saturated heterocycles. The molecule has 1 aromatic rings. The molecule has 0 amide bonds. The van der Waals surface area contributed by atoms with E-state index in [0.717, 1.165) is 25.0 Å². The summed E-state index contributed by atoms with van der Waals surface area (Å²) in [5.74, 6) is 0.743. The second-order valence-electron chi connectivity index (χ2n) is 6.62. The van der Waals surface area contributed by atoms with E-state index < -0.39 is 0 Å². The van der Waals surface area contributed by atoms with Crippen molar-refractivity contribution in [3.8, 4) is 0 Å². The molecule has 0 spiro atoms. The summed E-state index contributed by atoms with van der Waals surface area (Å²) in [6, 6.07) is 5.65. The van der Waals surface area contributed by atoms with Crippen molar-refractivity contribution in [3.05, 3.63) is 29.6 Å². The molecule has 3 heteroatoms. The van der Waals surface area contributed by atoms with Gasteiger partial charge in [0, 0.05) is 31.4 Å². The normalized spacial score (nSPS) is 20.2. The molecule has 1 aliphatic heterocycles. The SMILES string of the molecule is CC(C)NCc1ccc(CN2CCCC2C(C)C)nc1. The lowest BCUT2D eigenvalue weighted by molar-refractivity contribution is 0.196. The average molecular weight is 275 g/mol. The highest BCUT2D eigenvalue weighted by molar-refractivity contribution is 5.14. The Morgan fingerprint density at radius 2 is 2.10 bits per heavy atom. The fraction of sp³-hybridized carbons (Fsp3) is 0.706. The lowest BCUT2D eigenvalue weighted by Gasteiger charge is -2.27. The van der Waals surface area contributed by atoms with Gasteiger partial charge in [-0.3, -0.25) is 9.88 Å². The molecule has 112 valence electrons. The third-order valence-electron chi connectivity index (χ3n) is 4.15. The van der Waals surface area contributed by atoms with E-state index >= 15 is 0 Å². The van der Waals surface area contributed by atoms with E-state index in [0.29, 0.717) is 6.04 Å². The molecule has 3 nitrogen and oxygen atoms in total. The molecule has 1 aromatic heterocycles. The minimum atomic E-state index is 0.520. The van der Waals surface area contributed by atoms with Crippen molar-refractivity contribution in [1.29, 1.82) is 0 Å². The topological polar surface area (TPSA) is 28.2 Å². The van der Waals surface area contributed by atoms with Gasteiger partial charge in [-0.1, -0.05) is 33.8 Å². The summed E-state index contributed by atoms with van der Waals surface area (Å²) in [6.07, 6.45) is 4.69. The Kier molecular flexibility index (Phi) is 5.55. The van der Waals surface area contributed by atoms with Gasteiger partial charge in [-0.2, -0.15) is 0 Å². The molecule has 0 bridgehead atoms. The molecule has 0 aromatic carbocycles. The number of nitrogens with one attached hydrogen (secondary N) is 1. The number of hydrogen-bond acceptors (Lipinski definition) is 3. The maximum atomic E-state index is 4.63. The number of likely N-dealkylation sites (tertiary alicyclic amines) is 1. The summed E-state index contributed by atoms with van der Waals surface area (Å²) >= 11 is 0. The standard InChI is InChI=1S/C17H29N3/c1-13(2)17-6-5-9-20(17)12-16-8-7-15(11-19-16)10-18-14(3)4/h7-8,11,13-14,17-18H,5-6,9-10,12H2,1-4H3. The van der Waals surface area contributed by atoms with Crippen molar-refractivity contribution in [2.24, 2.45) is 5.92 Å². The summed E-state index contributed by atoms with van der Waals surface area (Å²) in [7, 11) is 0. The first-order valence-corrected chi connectivity index (χ1v) is 7.97. The van der Waals surface area contributed by atoms with Crippen LogP contribution in [0.3, 0.4) is 0 Å². The molecular formula is C17H29N3. The zero-order chi connectivity index (χ0) is 14.5. The van der Waals surface area contributed by atoms with Gasteiger partial charge in [0.1, 0.15) is 0 Å². The van der Waals surface area contributed by atoms with Gasteiger partial charge in [-0.25, -0.2) is 0 Å². The fourth-order valence-electron chi connectivity index (χ4n) is 2.99. The van der Waals surface area contributed by atoms with Crippen LogP contribution in [0.15, 0.2) is 18.3 Å². The minimum absolute atomic E-state index is 0.520. The van der Waals surface area contributed by atoms with Crippen LogP contribution >= 0.6 is 0 Å². The van der Waals surface area contributed by atoms with Crippen molar-refractivity contribution >= 4 is 0 Å². The van der Waals surface area contributed by atoms with Crippen LogP contribution in [0.25, 0.3) is 0 Å². The summed E-state index contributed by atoms with van der Waals surface area (Å²) in [6.45, 7) is 12.1. The van der Waals surface area contributed by atoms with Gasteiger partial charge in [0.2, 0.25) is 0 Å². The van der Waals surface area contributed by atoms with Crippen molar-refractivity contribution in [3.63, 3.8) is 0 Å². The first-order chi connectivity index (χ1) is 9.56. The molecule has 0 radical (unpaired) electrons. The third kappa shape index (κ3) is 4.29. The Hall–Kier alpha value is -0.930. The Morgan fingerprint density at radius 1 is 1.30 bits per heavy atom. The predicted octanol–water partition coefficient (Wildman–Crippen LogP) is 3.20. The van der Waals surface area contributed by atoms with Gasteiger partial charge in [0.25, 0.3) is 0 Å². The van der Waals surface area contributed by atoms with Crippen LogP contribution in [-0.4, -0.2) is 28.5 Å². The lowest BCUT2D eigenvalue weighted by Crippen LogP contribution is -2.33. The number of aromatic nitrogens is 1. The molecule has 1 N–H and O–H groups in total. The highest BCUT2D eigenvalue weighted by Gasteiger charge is 2.26. The van der Waals surface area contributed by atoms with E-state index in [-0.39, 0.29) is 0 Å². The lowest BCUT2D eigenvalue weighted by atomic mass is 10.0. The van der Waals surface area contributed by atoms with Crippen LogP contribution < -0.4 is 5.32 Å². The van der Waals surface area contributed by atoms with Crippen LogP contribution in [0.5, 0.6) is 0 Å². The van der Waals surface area contributed by atoms with Crippen LogP contribution in [0.2, 0.25) is 0 Å². The summed E-state index contributed by atoms with van der Waals surface area (Å²) in [5.41, 5.74) is 2.47. The van der Waals surface area contributed by atoms with Crippen LogP contribution in [0.4, 0.5) is 0 Å². The number of rotatable bonds is 6. The van der Waals surface area contributed by atoms with Gasteiger partial charge in [0.15, 0.2) is 0 Å². The van der Waals surface area contributed by atoms with Crippen LogP contribution in [0.1, 0.15) is 51.8 Å². The van der Waals surface area contributed by atoms with E-state index in [9.17, 15) is 0 Å². The maximum Gasteiger partial charge on any atom is 0.0544 e. The summed E-state index contributed by atoms with van der Waals surface area (Å²) in [4.78, 5) is 7.23. The Bertz CT molecular complexity index is 397. The van der Waals surface area contributed by atoms with Crippen molar-refractivity contribution in [1.82, 2.24) is 15.2 Å². The van der Waals surface area contributed by atoms with E-state index in [1.54, 1.807) is 0 Å². The monoisotopic (exact) mass is 275 g/mol. The van der Waals surface area contributed by atoms with Gasteiger partial charge in [-0.15, -0.1) is 0 Å². The Balaban J connectivity index is 1.90. The highest BCUT2D eigenvalue weighted by Crippen LogP contribution is 2.25. The van der Waals surface area contributed by atoms with Gasteiger partial charge in [0.05, 0.1) is 5.69 Å². The van der Waals surface area contributed by atoms with Crippen molar-refractivity contribution in [2.75, 3.05) is 6.54 Å². The molecule has 1 atom stereocenters. The maximum absolute atomic E-state index is 4.63. The third-order valence-corrected chi connectivity index (χ3v) is 4.15. The average Bonchev–Trinajstić information content (AvgIpc) is 2.86. The number of nitrogens with zero attached hydrogens (tertiary/aromatic N) is 2. The van der Waals surface area contributed by atoms with Gasteiger partial charge >= 0.3 is 0 Å². The number of hydrogen-bond donors (Lipinski definition) is 1. The summed E-state index contributed by atoms with van der Waals surface area (Å²) in [5, 5.41) is 3.43. The zero-order valence-corrected chi connectivity index (χ0v) is 13.4. The Labute approximate surface area is 123 Å². The molecule has 20 heavy (non-hydrogen) atoms. The minimum Gasteiger partial charge on any atom is -0.310 e. The van der Waals surface area contributed by atoms with Crippen LogP contribution in [0, 0.1) is 5.92 Å². The van der Waals surface area contributed by atoms with E-state index in [1.165, 1.54) is 30.6 Å².